The van der Waals surface area contributed by atoms with Crippen LogP contribution in [0.1, 0.15) is 18.9 Å². The zero-order chi connectivity index (χ0) is 19.6. The van der Waals surface area contributed by atoms with Gasteiger partial charge in [-0.1, -0.05) is 24.3 Å². The molecule has 2 aliphatic rings. The number of allylic oxidation sites excluding steroid dienone is 2. The number of carbonyl (C=O) groups excluding carboxylic acids is 2. The molecule has 2 aliphatic heterocycles. The average molecular weight is 369 g/mol. The summed E-state index contributed by atoms with van der Waals surface area (Å²) in [7, 11) is 3.12. The monoisotopic (exact) mass is 369 g/mol. The summed E-state index contributed by atoms with van der Waals surface area (Å²) in [6.07, 6.45) is 5.63. The van der Waals surface area contributed by atoms with Gasteiger partial charge in [-0.25, -0.2) is 9.79 Å². The molecule has 0 fully saturated rings. The van der Waals surface area contributed by atoms with Gasteiger partial charge in [-0.05, 0) is 30.7 Å². The molecule has 1 aromatic rings. The molecule has 3 amide bonds. The highest BCUT2D eigenvalue weighted by atomic mass is 16.5. The van der Waals surface area contributed by atoms with Crippen LogP contribution >= 0.6 is 0 Å². The van der Waals surface area contributed by atoms with Gasteiger partial charge in [-0.2, -0.15) is 0 Å². The predicted octanol–water partition coefficient (Wildman–Crippen LogP) is 1.97. The summed E-state index contributed by atoms with van der Waals surface area (Å²) in [6, 6.07) is 6.97. The van der Waals surface area contributed by atoms with Crippen LogP contribution in [-0.4, -0.2) is 48.4 Å². The molecule has 0 saturated carbocycles. The molecule has 0 unspecified atom stereocenters. The number of nitrogens with one attached hydrogen (secondary N) is 1. The van der Waals surface area contributed by atoms with E-state index in [1.165, 1.54) is 16.9 Å². The van der Waals surface area contributed by atoms with Crippen LogP contribution < -0.4 is 11.1 Å². The number of methoxy groups -OCH3 is 1. The minimum absolute atomic E-state index is 0.102. The van der Waals surface area contributed by atoms with Crippen LogP contribution in [0.4, 0.5) is 10.5 Å². The number of amides is 3. The average Bonchev–Trinajstić information content (AvgIpc) is 2.66. The van der Waals surface area contributed by atoms with Crippen LogP contribution in [0.2, 0.25) is 0 Å². The number of rotatable bonds is 3. The van der Waals surface area contributed by atoms with E-state index in [1.54, 1.807) is 19.2 Å². The Morgan fingerprint density at radius 3 is 2.89 bits per heavy atom. The molecule has 27 heavy (non-hydrogen) atoms. The minimum atomic E-state index is -0.778. The summed E-state index contributed by atoms with van der Waals surface area (Å²) in [5, 5.41) is 2.86. The number of hydrogen-bond acceptors (Lipinski definition) is 5. The second kappa shape index (κ2) is 7.14. The van der Waals surface area contributed by atoms with Crippen LogP contribution in [0.25, 0.3) is 0 Å². The van der Waals surface area contributed by atoms with Gasteiger partial charge in [0.25, 0.3) is 0 Å². The van der Waals surface area contributed by atoms with E-state index in [9.17, 15) is 9.59 Å². The summed E-state index contributed by atoms with van der Waals surface area (Å²) in [5.74, 6) is 0.545. The Hall–Kier alpha value is -3.29. The normalized spacial score (nSPS) is 22.3. The second-order valence-electron chi connectivity index (χ2n) is 6.63. The van der Waals surface area contributed by atoms with Crippen LogP contribution in [0.3, 0.4) is 0 Å². The molecule has 3 N–H and O–H groups in total. The quantitative estimate of drug-likeness (QED) is 0.851. The number of urea groups is 1. The molecule has 1 aromatic carbocycles. The predicted molar refractivity (Wildman–Crippen MR) is 103 cm³/mol. The lowest BCUT2D eigenvalue weighted by molar-refractivity contribution is -0.128. The number of nitrogens with zero attached hydrogens (tertiary/aromatic N) is 3. The number of nitrogens with two attached hydrogens (primary N) is 1. The van der Waals surface area contributed by atoms with Crippen molar-refractivity contribution in [3.63, 3.8) is 0 Å². The van der Waals surface area contributed by atoms with E-state index in [-0.39, 0.29) is 24.3 Å². The van der Waals surface area contributed by atoms with Crippen molar-refractivity contribution in [3.05, 3.63) is 53.9 Å². The molecule has 0 saturated heterocycles. The third-order valence-corrected chi connectivity index (χ3v) is 4.69. The molecule has 1 atom stereocenters. The fourth-order valence-corrected chi connectivity index (χ4v) is 3.06. The third-order valence-electron chi connectivity index (χ3n) is 4.69. The summed E-state index contributed by atoms with van der Waals surface area (Å²) in [5.41, 5.74) is 6.50. The molecule has 0 aliphatic carbocycles. The fraction of sp³-hybridized carbons (Fsp3) is 0.316. The molecule has 0 spiro atoms. The Bertz CT molecular complexity index is 861. The van der Waals surface area contributed by atoms with E-state index in [0.717, 1.165) is 5.56 Å². The molecule has 0 radical (unpaired) electrons. The smallest absolute Gasteiger partial charge is 0.328 e. The summed E-state index contributed by atoms with van der Waals surface area (Å²) in [6.45, 7) is 2.28. The molecular weight excluding hydrogens is 346 g/mol. The van der Waals surface area contributed by atoms with E-state index < -0.39 is 5.54 Å². The zero-order valence-corrected chi connectivity index (χ0v) is 15.6. The summed E-state index contributed by atoms with van der Waals surface area (Å²) < 4.78 is 5.23. The molecule has 0 aromatic heterocycles. The number of ether oxygens (including phenoxy) is 1. The van der Waals surface area contributed by atoms with E-state index in [4.69, 9.17) is 10.5 Å². The first kappa shape index (κ1) is 18.5. The van der Waals surface area contributed by atoms with E-state index in [0.29, 0.717) is 18.1 Å². The topological polar surface area (TPSA) is 100 Å². The van der Waals surface area contributed by atoms with Gasteiger partial charge in [0.2, 0.25) is 5.91 Å². The van der Waals surface area contributed by atoms with Crippen LogP contribution in [0.5, 0.6) is 0 Å². The molecule has 0 bridgehead atoms. The molecule has 8 nitrogen and oxygen atoms in total. The van der Waals surface area contributed by atoms with Crippen molar-refractivity contribution < 1.29 is 14.3 Å². The number of carbonyl (C=O) groups is 2. The van der Waals surface area contributed by atoms with Crippen molar-refractivity contribution in [2.45, 2.75) is 18.9 Å². The molecule has 8 heteroatoms. The highest BCUT2D eigenvalue weighted by Gasteiger charge is 2.36. The van der Waals surface area contributed by atoms with Crippen molar-refractivity contribution in [2.24, 2.45) is 10.7 Å². The van der Waals surface area contributed by atoms with Gasteiger partial charge in [0.05, 0.1) is 19.1 Å². The first-order valence-electron chi connectivity index (χ1n) is 8.56. The van der Waals surface area contributed by atoms with E-state index in [1.807, 2.05) is 37.3 Å². The van der Waals surface area contributed by atoms with Gasteiger partial charge in [-0.3, -0.25) is 14.6 Å². The first-order chi connectivity index (χ1) is 12.8. The number of hydrogen-bond donors (Lipinski definition) is 2. The Morgan fingerprint density at radius 1 is 1.41 bits per heavy atom. The maximum atomic E-state index is 12.6. The SMILES string of the molecule is COC1=CC=CCN1C(=O)Nc1cccc([C@]2(C)CC(=O)N(C)C(N)=N2)c1. The van der Waals surface area contributed by atoms with Gasteiger partial charge < -0.3 is 15.8 Å². The number of benzene rings is 1. The van der Waals surface area contributed by atoms with E-state index >= 15 is 0 Å². The highest BCUT2D eigenvalue weighted by molar-refractivity contribution is 5.99. The lowest BCUT2D eigenvalue weighted by atomic mass is 9.87. The largest absolute Gasteiger partial charge is 0.482 e. The fourth-order valence-electron chi connectivity index (χ4n) is 3.06. The molecular formula is C19H23N5O3. The lowest BCUT2D eigenvalue weighted by Gasteiger charge is -2.33. The molecule has 142 valence electrons. The standard InChI is InChI=1S/C19H23N5O3/c1-19(12-15(25)23(2)17(20)22-19)13-7-6-8-14(11-13)21-18(26)24-10-5-4-9-16(24)27-3/h4-9,11H,10,12H2,1-3H3,(H2,20,22)(H,21,26)/t19-/m0/s1. The van der Waals surface area contributed by atoms with Crippen LogP contribution in [-0.2, 0) is 15.1 Å². The Morgan fingerprint density at radius 2 is 2.19 bits per heavy atom. The number of aliphatic imine (C=N–C) groups is 1. The maximum Gasteiger partial charge on any atom is 0.328 e. The van der Waals surface area contributed by atoms with Gasteiger partial charge >= 0.3 is 6.03 Å². The summed E-state index contributed by atoms with van der Waals surface area (Å²) >= 11 is 0. The van der Waals surface area contributed by atoms with Crippen molar-refractivity contribution in [1.29, 1.82) is 0 Å². The number of anilines is 1. The Labute approximate surface area is 158 Å². The maximum absolute atomic E-state index is 12.6. The molecule has 2 heterocycles. The lowest BCUT2D eigenvalue weighted by Crippen LogP contribution is -2.47. The van der Waals surface area contributed by atoms with Crippen LogP contribution in [0.15, 0.2) is 53.4 Å². The van der Waals surface area contributed by atoms with Crippen molar-refractivity contribution >= 4 is 23.6 Å². The van der Waals surface area contributed by atoms with Crippen molar-refractivity contribution in [3.8, 4) is 0 Å². The first-order valence-corrected chi connectivity index (χ1v) is 8.56. The van der Waals surface area contributed by atoms with Gasteiger partial charge in [0, 0.05) is 19.3 Å². The number of guanidine groups is 1. The Balaban J connectivity index is 1.82. The van der Waals surface area contributed by atoms with Gasteiger partial charge in [0.15, 0.2) is 11.8 Å². The minimum Gasteiger partial charge on any atom is -0.482 e. The van der Waals surface area contributed by atoms with Crippen molar-refractivity contribution in [1.82, 2.24) is 9.80 Å². The van der Waals surface area contributed by atoms with Crippen LogP contribution in [0, 0.1) is 0 Å². The highest BCUT2D eigenvalue weighted by Crippen LogP contribution is 2.34. The zero-order valence-electron chi connectivity index (χ0n) is 15.6. The van der Waals surface area contributed by atoms with E-state index in [2.05, 4.69) is 10.3 Å². The third kappa shape index (κ3) is 3.64. The summed E-state index contributed by atoms with van der Waals surface area (Å²) in [4.78, 5) is 32.1. The molecule has 3 rings (SSSR count). The van der Waals surface area contributed by atoms with Gasteiger partial charge in [-0.15, -0.1) is 0 Å². The second-order valence-corrected chi connectivity index (χ2v) is 6.63. The Kier molecular flexibility index (Phi) is 4.89. The van der Waals surface area contributed by atoms with Gasteiger partial charge in [0.1, 0.15) is 0 Å². The van der Waals surface area contributed by atoms with Crippen molar-refractivity contribution in [2.75, 3.05) is 26.0 Å².